The molecule has 10 heteroatoms. The Morgan fingerprint density at radius 3 is 2.55 bits per heavy atom. The van der Waals surface area contributed by atoms with E-state index in [0.29, 0.717) is 5.52 Å². The molecule has 0 atom stereocenters. The van der Waals surface area contributed by atoms with Gasteiger partial charge in [0.2, 0.25) is 15.9 Å². The zero-order chi connectivity index (χ0) is 15.1. The molecule has 1 amide bonds. The lowest BCUT2D eigenvalue weighted by Gasteiger charge is -2.00. The maximum atomic E-state index is 11.5. The van der Waals surface area contributed by atoms with Gasteiger partial charge in [-0.1, -0.05) is 0 Å². The number of non-ortho nitro benzene ring substituents is 1. The Balaban J connectivity index is 2.80. The molecule has 106 valence electrons. The molecule has 0 aliphatic carbocycles. The maximum Gasteiger partial charge on any atom is 0.270 e. The minimum atomic E-state index is -4.08. The van der Waals surface area contributed by atoms with Crippen molar-refractivity contribution in [2.24, 2.45) is 10.9 Å². The van der Waals surface area contributed by atoms with Gasteiger partial charge in [-0.05, 0) is 6.07 Å². The number of primary sulfonamides is 1. The highest BCUT2D eigenvalue weighted by Crippen LogP contribution is 2.28. The van der Waals surface area contributed by atoms with Crippen LogP contribution in [0.3, 0.4) is 0 Å². The molecule has 1 aromatic heterocycles. The van der Waals surface area contributed by atoms with Crippen molar-refractivity contribution in [2.75, 3.05) is 0 Å². The third-order valence-electron chi connectivity index (χ3n) is 2.67. The summed E-state index contributed by atoms with van der Waals surface area (Å²) in [6.07, 6.45) is 1.13. The summed E-state index contributed by atoms with van der Waals surface area (Å²) < 4.78 is 24.3. The SMILES string of the molecule is NC(=O)Cn1cc(S(N)(=O)=O)c2cc([N+](=O)[O-])ccc21. The number of primary amides is 1. The molecule has 20 heavy (non-hydrogen) atoms. The number of fused-ring (bicyclic) bond motifs is 1. The Morgan fingerprint density at radius 1 is 1.40 bits per heavy atom. The van der Waals surface area contributed by atoms with Gasteiger partial charge in [0.15, 0.2) is 0 Å². The quantitative estimate of drug-likeness (QED) is 0.585. The highest BCUT2D eigenvalue weighted by Gasteiger charge is 2.20. The van der Waals surface area contributed by atoms with Crippen LogP contribution in [0.5, 0.6) is 0 Å². The summed E-state index contributed by atoms with van der Waals surface area (Å²) in [6, 6.07) is 3.63. The molecule has 1 aromatic carbocycles. The third kappa shape index (κ3) is 2.46. The number of amides is 1. The lowest BCUT2D eigenvalue weighted by molar-refractivity contribution is -0.384. The van der Waals surface area contributed by atoms with E-state index < -0.39 is 20.9 Å². The summed E-state index contributed by atoms with van der Waals surface area (Å²) in [4.78, 5) is 20.7. The van der Waals surface area contributed by atoms with Gasteiger partial charge < -0.3 is 10.3 Å². The predicted octanol–water partition coefficient (Wildman–Crippen LogP) is -0.318. The Kier molecular flexibility index (Phi) is 3.19. The average Bonchev–Trinajstić information content (AvgIpc) is 2.66. The fourth-order valence-electron chi connectivity index (χ4n) is 1.89. The molecule has 9 nitrogen and oxygen atoms in total. The van der Waals surface area contributed by atoms with Crippen molar-refractivity contribution < 1.29 is 18.1 Å². The molecule has 0 spiro atoms. The molecular weight excluding hydrogens is 288 g/mol. The topological polar surface area (TPSA) is 151 Å². The van der Waals surface area contributed by atoms with Crippen LogP contribution in [-0.4, -0.2) is 23.8 Å². The zero-order valence-electron chi connectivity index (χ0n) is 10.0. The number of nitrogens with zero attached hydrogens (tertiary/aromatic N) is 2. The van der Waals surface area contributed by atoms with Crippen LogP contribution in [0, 0.1) is 10.1 Å². The van der Waals surface area contributed by atoms with Crippen molar-refractivity contribution in [3.8, 4) is 0 Å². The number of carbonyl (C=O) groups is 1. The van der Waals surface area contributed by atoms with Gasteiger partial charge in [0, 0.05) is 23.7 Å². The first-order valence-electron chi connectivity index (χ1n) is 5.28. The molecule has 0 bridgehead atoms. The summed E-state index contributed by atoms with van der Waals surface area (Å²) in [5.74, 6) is -0.679. The Bertz CT molecular complexity index is 824. The van der Waals surface area contributed by atoms with Gasteiger partial charge in [-0.2, -0.15) is 0 Å². The van der Waals surface area contributed by atoms with Gasteiger partial charge in [-0.15, -0.1) is 0 Å². The first-order valence-corrected chi connectivity index (χ1v) is 6.83. The van der Waals surface area contributed by atoms with Crippen LogP contribution in [0.4, 0.5) is 5.69 Å². The summed E-state index contributed by atoms with van der Waals surface area (Å²) in [5.41, 5.74) is 5.10. The minimum Gasteiger partial charge on any atom is -0.368 e. The Morgan fingerprint density at radius 2 is 2.05 bits per heavy atom. The van der Waals surface area contributed by atoms with E-state index in [1.165, 1.54) is 16.7 Å². The van der Waals surface area contributed by atoms with Crippen LogP contribution in [-0.2, 0) is 21.4 Å². The first kappa shape index (κ1) is 14.0. The molecule has 2 aromatic rings. The highest BCUT2D eigenvalue weighted by atomic mass is 32.2. The number of nitro groups is 1. The number of carbonyl (C=O) groups excluding carboxylic acids is 1. The number of rotatable bonds is 4. The second kappa shape index (κ2) is 4.58. The van der Waals surface area contributed by atoms with E-state index in [4.69, 9.17) is 10.9 Å². The van der Waals surface area contributed by atoms with E-state index in [-0.39, 0.29) is 22.5 Å². The highest BCUT2D eigenvalue weighted by molar-refractivity contribution is 7.89. The molecule has 0 saturated carbocycles. The summed E-state index contributed by atoms with van der Waals surface area (Å²) in [5, 5.41) is 15.9. The second-order valence-electron chi connectivity index (χ2n) is 4.09. The van der Waals surface area contributed by atoms with Gasteiger partial charge >= 0.3 is 0 Å². The normalized spacial score (nSPS) is 11.7. The number of hydrogen-bond acceptors (Lipinski definition) is 5. The van der Waals surface area contributed by atoms with Crippen LogP contribution in [0.2, 0.25) is 0 Å². The van der Waals surface area contributed by atoms with Crippen molar-refractivity contribution in [3.63, 3.8) is 0 Å². The number of aromatic nitrogens is 1. The molecule has 0 aliphatic heterocycles. The molecule has 0 saturated heterocycles. The molecule has 0 radical (unpaired) electrons. The van der Waals surface area contributed by atoms with E-state index in [2.05, 4.69) is 0 Å². The lowest BCUT2D eigenvalue weighted by Crippen LogP contribution is -2.18. The first-order chi connectivity index (χ1) is 9.20. The van der Waals surface area contributed by atoms with Gasteiger partial charge in [-0.3, -0.25) is 14.9 Å². The third-order valence-corrected chi connectivity index (χ3v) is 3.61. The molecule has 2 rings (SSSR count). The van der Waals surface area contributed by atoms with Crippen LogP contribution in [0.25, 0.3) is 10.9 Å². The maximum absolute atomic E-state index is 11.5. The number of benzene rings is 1. The number of nitrogens with two attached hydrogens (primary N) is 2. The van der Waals surface area contributed by atoms with Gasteiger partial charge in [0.1, 0.15) is 11.4 Å². The lowest BCUT2D eigenvalue weighted by atomic mass is 10.2. The van der Waals surface area contributed by atoms with E-state index >= 15 is 0 Å². The average molecular weight is 298 g/mol. The Labute approximate surface area is 113 Å². The van der Waals surface area contributed by atoms with Crippen molar-refractivity contribution in [3.05, 3.63) is 34.5 Å². The zero-order valence-corrected chi connectivity index (χ0v) is 10.8. The Hall–Kier alpha value is -2.46. The number of nitro benzene ring substituents is 1. The number of hydrogen-bond donors (Lipinski definition) is 2. The fraction of sp³-hybridized carbons (Fsp3) is 0.100. The molecule has 0 aliphatic rings. The van der Waals surface area contributed by atoms with Gasteiger partial charge in [0.25, 0.3) is 5.69 Å². The van der Waals surface area contributed by atoms with E-state index in [0.717, 1.165) is 12.3 Å². The van der Waals surface area contributed by atoms with Crippen LogP contribution < -0.4 is 10.9 Å². The largest absolute Gasteiger partial charge is 0.368 e. The van der Waals surface area contributed by atoms with Crippen molar-refractivity contribution in [1.82, 2.24) is 4.57 Å². The molecule has 0 unspecified atom stereocenters. The summed E-state index contributed by atoms with van der Waals surface area (Å²) in [6.45, 7) is -0.260. The van der Waals surface area contributed by atoms with Crippen LogP contribution >= 0.6 is 0 Å². The van der Waals surface area contributed by atoms with Crippen LogP contribution in [0.15, 0.2) is 29.3 Å². The van der Waals surface area contributed by atoms with Crippen LogP contribution in [0.1, 0.15) is 0 Å². The molecular formula is C10H10N4O5S. The van der Waals surface area contributed by atoms with E-state index in [1.54, 1.807) is 0 Å². The van der Waals surface area contributed by atoms with Crippen molar-refractivity contribution in [1.29, 1.82) is 0 Å². The summed E-state index contributed by atoms with van der Waals surface area (Å²) in [7, 11) is -4.08. The minimum absolute atomic E-state index is 0.0722. The summed E-state index contributed by atoms with van der Waals surface area (Å²) >= 11 is 0. The molecule has 4 N–H and O–H groups in total. The molecule has 1 heterocycles. The van der Waals surface area contributed by atoms with E-state index in [1.807, 2.05) is 0 Å². The number of sulfonamides is 1. The predicted molar refractivity (Wildman–Crippen MR) is 69.2 cm³/mol. The van der Waals surface area contributed by atoms with Gasteiger partial charge in [0.05, 0.1) is 10.4 Å². The van der Waals surface area contributed by atoms with Crippen molar-refractivity contribution >= 4 is 32.5 Å². The monoisotopic (exact) mass is 298 g/mol. The standard InChI is InChI=1S/C10H10N4O5S/c11-10(15)5-13-4-9(20(12,18)19)7-3-6(14(16)17)1-2-8(7)13/h1-4H,5H2,(H2,11,15)(H2,12,18,19). The van der Waals surface area contributed by atoms with Crippen molar-refractivity contribution in [2.45, 2.75) is 11.4 Å². The fourth-order valence-corrected chi connectivity index (χ4v) is 2.64. The molecule has 0 fully saturated rings. The van der Waals surface area contributed by atoms with E-state index in [9.17, 15) is 23.3 Å². The second-order valence-corrected chi connectivity index (χ2v) is 5.62. The smallest absolute Gasteiger partial charge is 0.270 e. The van der Waals surface area contributed by atoms with Gasteiger partial charge in [-0.25, -0.2) is 13.6 Å².